The highest BCUT2D eigenvalue weighted by atomic mass is 32.2. The fraction of sp³-hybridized carbons (Fsp3) is 0.211. The SMILES string of the molecule is NS(=O)(=O)c1ccc(NC(=O)CSC2=NC3NNCC3C(=O)N2c2ccccc2)cc1. The molecule has 0 radical (unpaired) electrons. The number of amides is 2. The van der Waals surface area contributed by atoms with Crippen molar-refractivity contribution in [2.24, 2.45) is 16.0 Å². The zero-order valence-electron chi connectivity index (χ0n) is 16.2. The monoisotopic (exact) mass is 460 g/mol. The van der Waals surface area contributed by atoms with E-state index in [1.807, 2.05) is 30.3 Å². The van der Waals surface area contributed by atoms with Crippen molar-refractivity contribution in [3.05, 3.63) is 54.6 Å². The fourth-order valence-electron chi connectivity index (χ4n) is 3.24. The summed E-state index contributed by atoms with van der Waals surface area (Å²) in [7, 11) is -3.80. The standard InChI is InChI=1S/C19H20N6O4S2/c20-31(28,29)14-8-6-12(7-9-14)22-16(26)11-30-19-23-17-15(10-21-24-17)18(27)25(19)13-4-2-1-3-5-13/h1-9,15,17,21,24H,10-11H2,(H,22,26)(H2,20,28,29). The zero-order chi connectivity index (χ0) is 22.0. The third-order valence-electron chi connectivity index (χ3n) is 4.74. The molecule has 2 aliphatic rings. The molecule has 4 rings (SSSR count). The van der Waals surface area contributed by atoms with Crippen LogP contribution in [0.5, 0.6) is 0 Å². The number of thioether (sulfide) groups is 1. The van der Waals surface area contributed by atoms with Gasteiger partial charge in [0.15, 0.2) is 5.17 Å². The summed E-state index contributed by atoms with van der Waals surface area (Å²) < 4.78 is 22.7. The van der Waals surface area contributed by atoms with Crippen LogP contribution in [-0.4, -0.2) is 43.9 Å². The zero-order valence-corrected chi connectivity index (χ0v) is 17.8. The van der Waals surface area contributed by atoms with Crippen LogP contribution in [-0.2, 0) is 19.6 Å². The Morgan fingerprint density at radius 3 is 2.58 bits per heavy atom. The number of primary sulfonamides is 1. The number of benzene rings is 2. The van der Waals surface area contributed by atoms with Crippen LogP contribution in [0, 0.1) is 5.92 Å². The molecule has 12 heteroatoms. The summed E-state index contributed by atoms with van der Waals surface area (Å²) in [4.78, 5) is 31.6. The number of carbonyl (C=O) groups is 2. The molecule has 1 saturated heterocycles. The Hall–Kier alpha value is -2.77. The van der Waals surface area contributed by atoms with Crippen LogP contribution in [0.15, 0.2) is 64.5 Å². The van der Waals surface area contributed by atoms with Crippen molar-refractivity contribution in [3.63, 3.8) is 0 Å². The molecule has 5 N–H and O–H groups in total. The van der Waals surface area contributed by atoms with Gasteiger partial charge in [0.05, 0.1) is 22.3 Å². The Bertz CT molecular complexity index is 1120. The number of carbonyl (C=O) groups excluding carboxylic acids is 2. The van der Waals surface area contributed by atoms with E-state index in [-0.39, 0.29) is 34.5 Å². The molecule has 0 aromatic heterocycles. The van der Waals surface area contributed by atoms with E-state index in [0.29, 0.717) is 23.1 Å². The van der Waals surface area contributed by atoms with Gasteiger partial charge in [0.1, 0.15) is 6.17 Å². The summed E-state index contributed by atoms with van der Waals surface area (Å²) in [6.07, 6.45) is -0.385. The van der Waals surface area contributed by atoms with Crippen LogP contribution in [0.2, 0.25) is 0 Å². The van der Waals surface area contributed by atoms with Crippen molar-refractivity contribution < 1.29 is 18.0 Å². The highest BCUT2D eigenvalue weighted by Crippen LogP contribution is 2.29. The first-order valence-electron chi connectivity index (χ1n) is 9.33. The van der Waals surface area contributed by atoms with E-state index in [2.05, 4.69) is 21.2 Å². The van der Waals surface area contributed by atoms with Crippen LogP contribution in [0.4, 0.5) is 11.4 Å². The Labute approximate surface area is 183 Å². The molecule has 2 amide bonds. The van der Waals surface area contributed by atoms with Gasteiger partial charge in [-0.25, -0.2) is 24.0 Å². The first kappa shape index (κ1) is 21.5. The highest BCUT2D eigenvalue weighted by Gasteiger charge is 2.42. The summed E-state index contributed by atoms with van der Waals surface area (Å²) in [5.41, 5.74) is 7.05. The summed E-state index contributed by atoms with van der Waals surface area (Å²) in [5, 5.41) is 8.19. The van der Waals surface area contributed by atoms with Crippen molar-refractivity contribution in [2.75, 3.05) is 22.5 Å². The lowest BCUT2D eigenvalue weighted by atomic mass is 10.1. The minimum atomic E-state index is -3.80. The lowest BCUT2D eigenvalue weighted by Gasteiger charge is -2.32. The van der Waals surface area contributed by atoms with Crippen LogP contribution in [0.1, 0.15) is 0 Å². The predicted octanol–water partition coefficient (Wildman–Crippen LogP) is 0.459. The van der Waals surface area contributed by atoms with Crippen molar-refractivity contribution in [2.45, 2.75) is 11.1 Å². The van der Waals surface area contributed by atoms with Crippen LogP contribution in [0.3, 0.4) is 0 Å². The van der Waals surface area contributed by atoms with E-state index in [4.69, 9.17) is 5.14 Å². The number of hydrogen-bond acceptors (Lipinski definition) is 8. The van der Waals surface area contributed by atoms with Gasteiger partial charge < -0.3 is 5.32 Å². The Morgan fingerprint density at radius 2 is 1.90 bits per heavy atom. The number of anilines is 2. The second-order valence-electron chi connectivity index (χ2n) is 6.90. The average Bonchev–Trinajstić information content (AvgIpc) is 3.22. The number of fused-ring (bicyclic) bond motifs is 1. The van der Waals surface area contributed by atoms with Crippen LogP contribution < -0.4 is 26.2 Å². The molecule has 0 saturated carbocycles. The van der Waals surface area contributed by atoms with Gasteiger partial charge in [0.2, 0.25) is 21.8 Å². The van der Waals surface area contributed by atoms with Gasteiger partial charge in [-0.05, 0) is 36.4 Å². The second-order valence-corrected chi connectivity index (χ2v) is 9.41. The molecule has 1 fully saturated rings. The molecule has 0 bridgehead atoms. The number of nitrogens with zero attached hydrogens (tertiary/aromatic N) is 2. The minimum Gasteiger partial charge on any atom is -0.325 e. The van der Waals surface area contributed by atoms with E-state index in [0.717, 1.165) is 11.8 Å². The number of amidine groups is 1. The molecule has 2 aromatic rings. The smallest absolute Gasteiger partial charge is 0.241 e. The first-order valence-corrected chi connectivity index (χ1v) is 11.9. The van der Waals surface area contributed by atoms with E-state index in [9.17, 15) is 18.0 Å². The number of hydrazine groups is 1. The molecule has 2 heterocycles. The maximum absolute atomic E-state index is 13.1. The number of aliphatic imine (C=N–C) groups is 1. The van der Waals surface area contributed by atoms with Crippen LogP contribution in [0.25, 0.3) is 0 Å². The van der Waals surface area contributed by atoms with Gasteiger partial charge in [-0.15, -0.1) is 0 Å². The molecular formula is C19H20N6O4S2. The second kappa shape index (κ2) is 8.77. The molecule has 2 aromatic carbocycles. The molecule has 0 aliphatic carbocycles. The molecular weight excluding hydrogens is 440 g/mol. The average molecular weight is 461 g/mol. The van der Waals surface area contributed by atoms with Crippen molar-refractivity contribution in [1.29, 1.82) is 0 Å². The number of nitrogens with two attached hydrogens (primary N) is 1. The van der Waals surface area contributed by atoms with Gasteiger partial charge in [-0.2, -0.15) is 0 Å². The maximum Gasteiger partial charge on any atom is 0.241 e. The Balaban J connectivity index is 1.46. The third kappa shape index (κ3) is 4.78. The van der Waals surface area contributed by atoms with Gasteiger partial charge in [0, 0.05) is 12.2 Å². The van der Waals surface area contributed by atoms with Crippen molar-refractivity contribution >= 4 is 50.1 Å². The normalized spacial score (nSPS) is 20.9. The highest BCUT2D eigenvalue weighted by molar-refractivity contribution is 8.14. The largest absolute Gasteiger partial charge is 0.325 e. The molecule has 2 atom stereocenters. The van der Waals surface area contributed by atoms with Gasteiger partial charge >= 0.3 is 0 Å². The van der Waals surface area contributed by atoms with Gasteiger partial charge in [-0.1, -0.05) is 30.0 Å². The van der Waals surface area contributed by atoms with Crippen LogP contribution >= 0.6 is 11.8 Å². The number of sulfonamides is 1. The van der Waals surface area contributed by atoms with Crippen molar-refractivity contribution in [1.82, 2.24) is 10.9 Å². The topological polar surface area (TPSA) is 146 Å². The summed E-state index contributed by atoms with van der Waals surface area (Å²) in [6.45, 7) is 0.475. The first-order chi connectivity index (χ1) is 14.8. The van der Waals surface area contributed by atoms with Gasteiger partial charge in [-0.3, -0.25) is 19.9 Å². The number of hydrogen-bond donors (Lipinski definition) is 4. The minimum absolute atomic E-state index is 0.0111. The lowest BCUT2D eigenvalue weighted by Crippen LogP contribution is -2.49. The summed E-state index contributed by atoms with van der Waals surface area (Å²) in [5.74, 6) is -0.728. The lowest BCUT2D eigenvalue weighted by molar-refractivity contribution is -0.121. The van der Waals surface area contributed by atoms with E-state index in [1.54, 1.807) is 0 Å². The Morgan fingerprint density at radius 1 is 1.19 bits per heavy atom. The van der Waals surface area contributed by atoms with E-state index in [1.165, 1.54) is 29.2 Å². The molecule has 0 spiro atoms. The van der Waals surface area contributed by atoms with E-state index >= 15 is 0 Å². The molecule has 2 aliphatic heterocycles. The molecule has 10 nitrogen and oxygen atoms in total. The van der Waals surface area contributed by atoms with Crippen molar-refractivity contribution in [3.8, 4) is 0 Å². The van der Waals surface area contributed by atoms with Gasteiger partial charge in [0.25, 0.3) is 0 Å². The summed E-state index contributed by atoms with van der Waals surface area (Å²) >= 11 is 1.15. The number of para-hydroxylation sites is 1. The summed E-state index contributed by atoms with van der Waals surface area (Å²) in [6, 6.07) is 14.7. The van der Waals surface area contributed by atoms with E-state index < -0.39 is 10.0 Å². The Kier molecular flexibility index (Phi) is 6.07. The number of rotatable bonds is 5. The maximum atomic E-state index is 13.1. The molecule has 2 unspecified atom stereocenters. The number of nitrogens with one attached hydrogen (secondary N) is 3. The quantitative estimate of drug-likeness (QED) is 0.507. The fourth-order valence-corrected chi connectivity index (χ4v) is 4.60. The third-order valence-corrected chi connectivity index (χ3v) is 6.63. The molecule has 162 valence electrons. The predicted molar refractivity (Wildman–Crippen MR) is 119 cm³/mol. The molecule has 31 heavy (non-hydrogen) atoms.